The van der Waals surface area contributed by atoms with Crippen molar-refractivity contribution >= 4 is 17.9 Å². The Hall–Kier alpha value is -2.94. The van der Waals surface area contributed by atoms with Crippen LogP contribution in [0.15, 0.2) is 42.5 Å². The summed E-state index contributed by atoms with van der Waals surface area (Å²) >= 11 is 0. The van der Waals surface area contributed by atoms with E-state index in [0.29, 0.717) is 6.29 Å². The quantitative estimate of drug-likeness (QED) is 0.319. The van der Waals surface area contributed by atoms with E-state index in [2.05, 4.69) is 0 Å². The van der Waals surface area contributed by atoms with Crippen molar-refractivity contribution in [3.8, 4) is 5.75 Å². The molecule has 5 nitrogen and oxygen atoms in total. The zero-order chi connectivity index (χ0) is 23.0. The van der Waals surface area contributed by atoms with Crippen LogP contribution in [0, 0.1) is 5.82 Å². The summed E-state index contributed by atoms with van der Waals surface area (Å²) in [5.41, 5.74) is -4.39. The maximum atomic E-state index is 14.1. The minimum atomic E-state index is -5.07. The highest BCUT2D eigenvalue weighted by atomic mass is 19.4. The van der Waals surface area contributed by atoms with Gasteiger partial charge in [-0.05, 0) is 47.7 Å². The number of β-amino-alcohol motifs (C(OH)–C–C–N with tert-alkyl or cyclic N) is 1. The first-order chi connectivity index (χ1) is 14.4. The lowest BCUT2D eigenvalue weighted by atomic mass is 9.73. The first kappa shape index (κ1) is 22.7. The van der Waals surface area contributed by atoms with Gasteiger partial charge in [0.05, 0.1) is 12.2 Å². The summed E-state index contributed by atoms with van der Waals surface area (Å²) in [4.78, 5) is 24.4. The second-order valence-electron chi connectivity index (χ2n) is 8.24. The van der Waals surface area contributed by atoms with Crippen molar-refractivity contribution in [1.29, 1.82) is 0 Å². The molecule has 9 heteroatoms. The molecule has 2 aromatic carbocycles. The lowest BCUT2D eigenvalue weighted by molar-refractivity contribution is -0.262. The average Bonchev–Trinajstić information content (AvgIpc) is 2.66. The van der Waals surface area contributed by atoms with E-state index in [4.69, 9.17) is 4.74 Å². The molecule has 31 heavy (non-hydrogen) atoms. The number of aliphatic hydroxyl groups is 1. The van der Waals surface area contributed by atoms with Crippen LogP contribution in [-0.2, 0) is 10.2 Å². The summed E-state index contributed by atoms with van der Waals surface area (Å²) in [6.07, 6.45) is -5.52. The first-order valence-corrected chi connectivity index (χ1v) is 9.45. The molecule has 1 aliphatic heterocycles. The number of hydrogen-bond donors (Lipinski definition) is 1. The van der Waals surface area contributed by atoms with Gasteiger partial charge in [-0.3, -0.25) is 4.79 Å². The van der Waals surface area contributed by atoms with E-state index in [1.807, 2.05) is 0 Å². The van der Waals surface area contributed by atoms with E-state index in [-0.39, 0.29) is 22.6 Å². The molecular weight excluding hydrogens is 418 g/mol. The van der Waals surface area contributed by atoms with E-state index < -0.39 is 48.5 Å². The molecular formula is C22H21F4NO4. The number of anilines is 1. The molecule has 1 atom stereocenters. The Morgan fingerprint density at radius 2 is 1.84 bits per heavy atom. The molecule has 166 valence electrons. The summed E-state index contributed by atoms with van der Waals surface area (Å²) in [5, 5.41) is 10.8. The van der Waals surface area contributed by atoms with Gasteiger partial charge in [0.1, 0.15) is 18.6 Å². The molecule has 0 fully saturated rings. The molecule has 2 aromatic rings. The normalized spacial score (nSPS) is 16.4. The fourth-order valence-corrected chi connectivity index (χ4v) is 3.95. The van der Waals surface area contributed by atoms with Gasteiger partial charge >= 0.3 is 12.1 Å². The largest absolute Gasteiger partial charge is 0.423 e. The van der Waals surface area contributed by atoms with E-state index in [0.717, 1.165) is 17.0 Å². The second-order valence-corrected chi connectivity index (χ2v) is 8.24. The van der Waals surface area contributed by atoms with E-state index in [1.165, 1.54) is 32.0 Å². The van der Waals surface area contributed by atoms with Gasteiger partial charge in [-0.2, -0.15) is 13.2 Å². The van der Waals surface area contributed by atoms with Crippen molar-refractivity contribution in [2.24, 2.45) is 0 Å². The van der Waals surface area contributed by atoms with E-state index in [9.17, 15) is 32.3 Å². The number of alkyl halides is 3. The number of rotatable bonds is 6. The summed E-state index contributed by atoms with van der Waals surface area (Å²) in [6.45, 7) is 1.36. The van der Waals surface area contributed by atoms with Crippen LogP contribution < -0.4 is 9.64 Å². The maximum absolute atomic E-state index is 14.1. The van der Waals surface area contributed by atoms with Crippen LogP contribution in [0.2, 0.25) is 0 Å². The molecule has 1 unspecified atom stereocenters. The van der Waals surface area contributed by atoms with Crippen molar-refractivity contribution in [2.75, 3.05) is 18.0 Å². The molecule has 3 rings (SSSR count). The molecule has 1 heterocycles. The smallest absolute Gasteiger partial charge is 0.418 e. The third-order valence-electron chi connectivity index (χ3n) is 5.34. The predicted molar refractivity (Wildman–Crippen MR) is 105 cm³/mol. The highest BCUT2D eigenvalue weighted by Gasteiger charge is 2.57. The molecule has 0 bridgehead atoms. The van der Waals surface area contributed by atoms with Crippen LogP contribution in [0.25, 0.3) is 0 Å². The maximum Gasteiger partial charge on any atom is 0.418 e. The Morgan fingerprint density at radius 3 is 2.48 bits per heavy atom. The Kier molecular flexibility index (Phi) is 5.84. The number of carbonyl (C=O) groups excluding carboxylic acids is 2. The Morgan fingerprint density at radius 1 is 1.16 bits per heavy atom. The van der Waals surface area contributed by atoms with Crippen molar-refractivity contribution in [3.63, 3.8) is 0 Å². The van der Waals surface area contributed by atoms with Crippen molar-refractivity contribution < 1.29 is 37.0 Å². The number of aldehydes is 1. The molecule has 0 amide bonds. The number of carbonyl (C=O) groups is 2. The molecule has 0 saturated heterocycles. The van der Waals surface area contributed by atoms with Gasteiger partial charge in [0, 0.05) is 5.56 Å². The zero-order valence-electron chi connectivity index (χ0n) is 16.9. The monoisotopic (exact) mass is 439 g/mol. The number of esters is 1. The summed E-state index contributed by atoms with van der Waals surface area (Å²) in [7, 11) is 0. The highest BCUT2D eigenvalue weighted by molar-refractivity contribution is 5.84. The number of fused-ring (bicyclic) bond motifs is 1. The van der Waals surface area contributed by atoms with Gasteiger partial charge in [-0.1, -0.05) is 26.0 Å². The van der Waals surface area contributed by atoms with Crippen LogP contribution >= 0.6 is 0 Å². The van der Waals surface area contributed by atoms with Crippen molar-refractivity contribution in [3.05, 3.63) is 59.4 Å². The standard InChI is InChI=1S/C22H21F4NO4/c1-20(2,16-9-15(23)8-7-14(16)11-28)12-21(30,22(24,25)26)13-27-10-19(29)31-18-6-4-3-5-17(18)27/h3-9,11,30H,10,12-13H2,1-2H3. The summed E-state index contributed by atoms with van der Waals surface area (Å²) < 4.78 is 61.2. The fourth-order valence-electron chi connectivity index (χ4n) is 3.95. The number of para-hydroxylation sites is 2. The van der Waals surface area contributed by atoms with Gasteiger partial charge in [-0.25, -0.2) is 9.18 Å². The number of benzene rings is 2. The molecule has 0 radical (unpaired) electrons. The van der Waals surface area contributed by atoms with Gasteiger partial charge in [0.15, 0.2) is 11.4 Å². The molecule has 1 N–H and O–H groups in total. The Bertz CT molecular complexity index is 1010. The minimum Gasteiger partial charge on any atom is -0.423 e. The predicted octanol–water partition coefficient (Wildman–Crippen LogP) is 4.02. The van der Waals surface area contributed by atoms with Crippen LogP contribution in [0.5, 0.6) is 5.75 Å². The SMILES string of the molecule is CC(C)(CC(O)(CN1CC(=O)Oc2ccccc21)C(F)(F)F)c1cc(F)ccc1C=O. The van der Waals surface area contributed by atoms with Crippen LogP contribution in [0.4, 0.5) is 23.2 Å². The third kappa shape index (κ3) is 4.56. The lowest BCUT2D eigenvalue weighted by Crippen LogP contribution is -2.57. The lowest BCUT2D eigenvalue weighted by Gasteiger charge is -2.42. The van der Waals surface area contributed by atoms with Gasteiger partial charge < -0.3 is 14.7 Å². The summed E-state index contributed by atoms with van der Waals surface area (Å²) in [6, 6.07) is 9.29. The molecule has 0 aromatic heterocycles. The number of ether oxygens (including phenoxy) is 1. The average molecular weight is 439 g/mol. The zero-order valence-corrected chi connectivity index (χ0v) is 16.9. The topological polar surface area (TPSA) is 66.8 Å². The Balaban J connectivity index is 2.00. The number of hydrogen-bond acceptors (Lipinski definition) is 5. The van der Waals surface area contributed by atoms with Crippen LogP contribution in [0.1, 0.15) is 36.2 Å². The summed E-state index contributed by atoms with van der Waals surface area (Å²) in [5.74, 6) is -1.37. The number of halogens is 4. The van der Waals surface area contributed by atoms with Gasteiger partial charge in [-0.15, -0.1) is 0 Å². The molecule has 0 aliphatic carbocycles. The minimum absolute atomic E-state index is 0.0304. The van der Waals surface area contributed by atoms with Crippen molar-refractivity contribution in [1.82, 2.24) is 0 Å². The van der Waals surface area contributed by atoms with E-state index in [1.54, 1.807) is 12.1 Å². The Labute approximate surface area is 176 Å². The first-order valence-electron chi connectivity index (χ1n) is 9.45. The van der Waals surface area contributed by atoms with Crippen LogP contribution in [-0.4, -0.2) is 42.2 Å². The van der Waals surface area contributed by atoms with Gasteiger partial charge in [0.25, 0.3) is 0 Å². The van der Waals surface area contributed by atoms with Gasteiger partial charge in [0.2, 0.25) is 0 Å². The van der Waals surface area contributed by atoms with E-state index >= 15 is 0 Å². The van der Waals surface area contributed by atoms with Crippen LogP contribution in [0.3, 0.4) is 0 Å². The third-order valence-corrected chi connectivity index (χ3v) is 5.34. The molecule has 0 spiro atoms. The molecule has 0 saturated carbocycles. The molecule has 1 aliphatic rings. The second kappa shape index (κ2) is 7.96. The van der Waals surface area contributed by atoms with Crippen molar-refractivity contribution in [2.45, 2.75) is 37.5 Å². The highest BCUT2D eigenvalue weighted by Crippen LogP contribution is 2.44. The fraction of sp³-hybridized carbons (Fsp3) is 0.364. The number of nitrogens with zero attached hydrogens (tertiary/aromatic N) is 1.